The van der Waals surface area contributed by atoms with E-state index in [1.165, 1.54) is 0 Å². The first-order valence-electron chi connectivity index (χ1n) is 5.66. The summed E-state index contributed by atoms with van der Waals surface area (Å²) in [6.45, 7) is 5.96. The summed E-state index contributed by atoms with van der Waals surface area (Å²) in [6.07, 6.45) is 2.29. The molecule has 0 spiro atoms. The zero-order valence-corrected chi connectivity index (χ0v) is 9.68. The molecule has 1 rings (SSSR count). The van der Waals surface area contributed by atoms with Crippen molar-refractivity contribution in [2.45, 2.75) is 38.6 Å². The van der Waals surface area contributed by atoms with Crippen LogP contribution in [-0.4, -0.2) is 36.2 Å². The molecule has 1 heterocycles. The lowest BCUT2D eigenvalue weighted by Crippen LogP contribution is -2.44. The van der Waals surface area contributed by atoms with Gasteiger partial charge >= 0.3 is 0 Å². The molecule has 1 unspecified atom stereocenters. The summed E-state index contributed by atoms with van der Waals surface area (Å²) in [5, 5.41) is 15.0. The van der Waals surface area contributed by atoms with Crippen LogP contribution in [0.4, 0.5) is 0 Å². The van der Waals surface area contributed by atoms with Gasteiger partial charge in [0.05, 0.1) is 0 Å². The smallest absolute Gasteiger partial charge is 0.220 e. The van der Waals surface area contributed by atoms with Crippen molar-refractivity contribution in [3.63, 3.8) is 0 Å². The molecule has 1 atom stereocenters. The molecular formula is C11H22N2O2. The molecule has 0 aliphatic carbocycles. The average molecular weight is 214 g/mol. The third-order valence-electron chi connectivity index (χ3n) is 2.85. The van der Waals surface area contributed by atoms with Crippen molar-refractivity contribution in [3.05, 3.63) is 0 Å². The molecule has 88 valence electrons. The first-order valence-corrected chi connectivity index (χ1v) is 5.66. The van der Waals surface area contributed by atoms with Crippen LogP contribution in [-0.2, 0) is 4.79 Å². The fourth-order valence-electron chi connectivity index (χ4n) is 1.92. The maximum absolute atomic E-state index is 11.7. The number of aliphatic hydroxyl groups is 1. The van der Waals surface area contributed by atoms with E-state index >= 15 is 0 Å². The predicted molar refractivity (Wildman–Crippen MR) is 59.5 cm³/mol. The first kappa shape index (κ1) is 12.5. The van der Waals surface area contributed by atoms with E-state index in [0.29, 0.717) is 18.8 Å². The van der Waals surface area contributed by atoms with Crippen molar-refractivity contribution in [2.75, 3.05) is 19.7 Å². The van der Waals surface area contributed by atoms with Gasteiger partial charge in [-0.25, -0.2) is 0 Å². The molecule has 1 saturated heterocycles. The highest BCUT2D eigenvalue weighted by Crippen LogP contribution is 2.14. The fraction of sp³-hybridized carbons (Fsp3) is 0.909. The van der Waals surface area contributed by atoms with Crippen LogP contribution in [0.3, 0.4) is 0 Å². The molecule has 0 aromatic heterocycles. The maximum Gasteiger partial charge on any atom is 0.220 e. The lowest BCUT2D eigenvalue weighted by molar-refractivity contribution is -0.123. The van der Waals surface area contributed by atoms with Gasteiger partial charge < -0.3 is 15.7 Å². The van der Waals surface area contributed by atoms with Crippen LogP contribution < -0.4 is 10.6 Å². The van der Waals surface area contributed by atoms with Crippen LogP contribution >= 0.6 is 0 Å². The lowest BCUT2D eigenvalue weighted by atomic mass is 9.99. The van der Waals surface area contributed by atoms with Crippen molar-refractivity contribution in [2.24, 2.45) is 5.92 Å². The summed E-state index contributed by atoms with van der Waals surface area (Å²) in [7, 11) is 0. The summed E-state index contributed by atoms with van der Waals surface area (Å²) in [4.78, 5) is 11.7. The second-order valence-corrected chi connectivity index (χ2v) is 4.97. The molecular weight excluding hydrogens is 192 g/mol. The Bertz CT molecular complexity index is 211. The van der Waals surface area contributed by atoms with Gasteiger partial charge in [-0.15, -0.1) is 0 Å². The van der Waals surface area contributed by atoms with E-state index in [9.17, 15) is 4.79 Å². The molecule has 0 bridgehead atoms. The Labute approximate surface area is 91.4 Å². The number of carbonyl (C=O) groups excluding carboxylic acids is 1. The van der Waals surface area contributed by atoms with Crippen LogP contribution in [0.5, 0.6) is 0 Å². The van der Waals surface area contributed by atoms with E-state index in [-0.39, 0.29) is 18.1 Å². The zero-order valence-electron chi connectivity index (χ0n) is 9.68. The van der Waals surface area contributed by atoms with E-state index in [0.717, 1.165) is 19.5 Å². The topological polar surface area (TPSA) is 61.4 Å². The summed E-state index contributed by atoms with van der Waals surface area (Å²) in [6, 6.07) is 0. The van der Waals surface area contributed by atoms with E-state index in [1.807, 2.05) is 13.8 Å². The molecule has 1 fully saturated rings. The molecule has 0 saturated carbocycles. The van der Waals surface area contributed by atoms with Gasteiger partial charge in [-0.2, -0.15) is 0 Å². The third kappa shape index (κ3) is 4.62. The number of rotatable bonds is 5. The van der Waals surface area contributed by atoms with E-state index in [1.54, 1.807) is 0 Å². The van der Waals surface area contributed by atoms with Crippen LogP contribution in [0, 0.1) is 5.92 Å². The summed E-state index contributed by atoms with van der Waals surface area (Å²) in [5.74, 6) is 0.581. The van der Waals surface area contributed by atoms with Gasteiger partial charge in [-0.1, -0.05) is 0 Å². The van der Waals surface area contributed by atoms with Gasteiger partial charge in [0.15, 0.2) is 0 Å². The maximum atomic E-state index is 11.7. The van der Waals surface area contributed by atoms with Gasteiger partial charge in [0.25, 0.3) is 0 Å². The minimum absolute atomic E-state index is 0.0992. The molecule has 4 heteroatoms. The molecule has 0 aromatic rings. The molecule has 1 amide bonds. The van der Waals surface area contributed by atoms with Crippen molar-refractivity contribution in [3.8, 4) is 0 Å². The predicted octanol–water partition coefficient (Wildman–Crippen LogP) is 0.263. The number of aliphatic hydroxyl groups excluding tert-OH is 1. The van der Waals surface area contributed by atoms with Gasteiger partial charge in [0.1, 0.15) is 0 Å². The largest absolute Gasteiger partial charge is 0.396 e. The van der Waals surface area contributed by atoms with Gasteiger partial charge in [0, 0.05) is 18.6 Å². The second kappa shape index (κ2) is 5.47. The van der Waals surface area contributed by atoms with Crippen LogP contribution in [0.25, 0.3) is 0 Å². The molecule has 15 heavy (non-hydrogen) atoms. The van der Waals surface area contributed by atoms with Crippen molar-refractivity contribution >= 4 is 5.91 Å². The van der Waals surface area contributed by atoms with E-state index in [4.69, 9.17) is 5.11 Å². The van der Waals surface area contributed by atoms with Gasteiger partial charge in [0.2, 0.25) is 5.91 Å². The molecule has 0 aromatic carbocycles. The Morgan fingerprint density at radius 1 is 1.60 bits per heavy atom. The molecule has 3 N–H and O–H groups in total. The average Bonchev–Trinajstić information content (AvgIpc) is 2.54. The number of carbonyl (C=O) groups is 1. The fourth-order valence-corrected chi connectivity index (χ4v) is 1.92. The molecule has 1 aliphatic rings. The zero-order chi connectivity index (χ0) is 11.3. The Balaban J connectivity index is 2.27. The minimum atomic E-state index is -0.294. The Hall–Kier alpha value is -0.610. The Morgan fingerprint density at radius 3 is 2.87 bits per heavy atom. The highest BCUT2D eigenvalue weighted by Gasteiger charge is 2.23. The van der Waals surface area contributed by atoms with Gasteiger partial charge in [-0.05, 0) is 45.7 Å². The number of hydrogen-bond acceptors (Lipinski definition) is 3. The van der Waals surface area contributed by atoms with Crippen molar-refractivity contribution < 1.29 is 9.90 Å². The van der Waals surface area contributed by atoms with Crippen LogP contribution in [0.1, 0.15) is 33.1 Å². The Kier molecular flexibility index (Phi) is 4.54. The number of hydrogen-bond donors (Lipinski definition) is 3. The Morgan fingerprint density at radius 2 is 2.33 bits per heavy atom. The third-order valence-corrected chi connectivity index (χ3v) is 2.85. The minimum Gasteiger partial charge on any atom is -0.396 e. The normalized spacial score (nSPS) is 21.7. The van der Waals surface area contributed by atoms with Crippen LogP contribution in [0.15, 0.2) is 0 Å². The van der Waals surface area contributed by atoms with E-state index in [2.05, 4.69) is 10.6 Å². The molecule has 0 radical (unpaired) electrons. The summed E-state index contributed by atoms with van der Waals surface area (Å²) in [5.41, 5.74) is -0.294. The second-order valence-electron chi connectivity index (χ2n) is 4.97. The first-order chi connectivity index (χ1) is 7.03. The molecule has 1 aliphatic heterocycles. The summed E-state index contributed by atoms with van der Waals surface area (Å²) >= 11 is 0. The van der Waals surface area contributed by atoms with Crippen molar-refractivity contribution in [1.82, 2.24) is 10.6 Å². The highest BCUT2D eigenvalue weighted by molar-refractivity contribution is 5.77. The van der Waals surface area contributed by atoms with Crippen molar-refractivity contribution in [1.29, 1.82) is 0 Å². The summed E-state index contributed by atoms with van der Waals surface area (Å²) < 4.78 is 0. The number of nitrogens with one attached hydrogen (secondary N) is 2. The number of amides is 1. The lowest BCUT2D eigenvalue weighted by Gasteiger charge is -2.26. The molecule has 4 nitrogen and oxygen atoms in total. The van der Waals surface area contributed by atoms with Gasteiger partial charge in [-0.3, -0.25) is 4.79 Å². The van der Waals surface area contributed by atoms with E-state index < -0.39 is 0 Å². The quantitative estimate of drug-likeness (QED) is 0.615. The SMILES string of the molecule is CC(C)(CCO)NC(=O)CC1CCNC1. The monoisotopic (exact) mass is 214 g/mol. The standard InChI is InChI=1S/C11H22N2O2/c1-11(2,4-6-14)13-10(15)7-9-3-5-12-8-9/h9,12,14H,3-8H2,1-2H3,(H,13,15). The van der Waals surface area contributed by atoms with Crippen LogP contribution in [0.2, 0.25) is 0 Å². The highest BCUT2D eigenvalue weighted by atomic mass is 16.3.